The van der Waals surface area contributed by atoms with E-state index in [1.165, 1.54) is 11.8 Å². The van der Waals surface area contributed by atoms with Crippen molar-refractivity contribution in [2.45, 2.75) is 18.9 Å². The fraction of sp³-hybridized carbons (Fsp3) is 0.357. The highest BCUT2D eigenvalue weighted by molar-refractivity contribution is 8.26. The number of hydrogen-bond acceptors (Lipinski definition) is 5. The zero-order chi connectivity index (χ0) is 13.9. The van der Waals surface area contributed by atoms with Crippen LogP contribution < -0.4 is 0 Å². The molecule has 104 valence electrons. The molecule has 3 heterocycles. The van der Waals surface area contributed by atoms with E-state index >= 15 is 0 Å². The van der Waals surface area contributed by atoms with Gasteiger partial charge in [0.2, 0.25) is 0 Å². The number of pyridine rings is 1. The Balaban J connectivity index is 1.74. The Bertz CT molecular complexity index is 554. The lowest BCUT2D eigenvalue weighted by Gasteiger charge is -2.18. The van der Waals surface area contributed by atoms with Crippen LogP contribution in [0.15, 0.2) is 29.4 Å². The molecule has 0 N–H and O–H groups in total. The summed E-state index contributed by atoms with van der Waals surface area (Å²) in [4.78, 5) is 18.7. The molecule has 0 saturated carbocycles. The van der Waals surface area contributed by atoms with Gasteiger partial charge in [0.1, 0.15) is 4.32 Å². The lowest BCUT2D eigenvalue weighted by molar-refractivity contribution is -0.123. The van der Waals surface area contributed by atoms with Gasteiger partial charge in [-0.1, -0.05) is 30.0 Å². The summed E-state index contributed by atoms with van der Waals surface area (Å²) in [5, 5.41) is 0. The Hall–Kier alpha value is -1.24. The van der Waals surface area contributed by atoms with Crippen molar-refractivity contribution in [1.82, 2.24) is 9.88 Å². The highest BCUT2D eigenvalue weighted by Crippen LogP contribution is 2.33. The smallest absolute Gasteiger partial charge is 0.266 e. The average Bonchev–Trinajstić information content (AvgIpc) is 3.05. The summed E-state index contributed by atoms with van der Waals surface area (Å²) < 4.78 is 6.18. The Morgan fingerprint density at radius 3 is 3.20 bits per heavy atom. The van der Waals surface area contributed by atoms with Crippen molar-refractivity contribution in [2.75, 3.05) is 13.2 Å². The van der Waals surface area contributed by atoms with E-state index in [-0.39, 0.29) is 12.0 Å². The quantitative estimate of drug-likeness (QED) is 0.634. The first-order valence-corrected chi connectivity index (χ1v) is 7.73. The number of aromatic nitrogens is 1. The standard InChI is InChI=1S/C14H14N2O2S2/c17-13-12(7-10-3-1-5-15-8-10)20-14(19)16(13)9-11-4-2-6-18-11/h1,3,5,7-8,11H,2,4,6,9H2/b12-7-/t11-/m0/s1. The van der Waals surface area contributed by atoms with Crippen molar-refractivity contribution in [3.63, 3.8) is 0 Å². The maximum Gasteiger partial charge on any atom is 0.266 e. The van der Waals surface area contributed by atoms with Gasteiger partial charge in [0, 0.05) is 19.0 Å². The Morgan fingerprint density at radius 1 is 1.60 bits per heavy atom. The van der Waals surface area contributed by atoms with Gasteiger partial charge in [0.25, 0.3) is 5.91 Å². The van der Waals surface area contributed by atoms with Crippen LogP contribution in [0.1, 0.15) is 18.4 Å². The van der Waals surface area contributed by atoms with Crippen LogP contribution in [0.4, 0.5) is 0 Å². The molecule has 1 atom stereocenters. The summed E-state index contributed by atoms with van der Waals surface area (Å²) in [6.45, 7) is 1.35. The summed E-state index contributed by atoms with van der Waals surface area (Å²) in [5.41, 5.74) is 0.908. The topological polar surface area (TPSA) is 42.4 Å². The first-order chi connectivity index (χ1) is 9.74. The normalized spacial score (nSPS) is 24.9. The molecule has 3 rings (SSSR count). The van der Waals surface area contributed by atoms with Crippen molar-refractivity contribution in [3.05, 3.63) is 35.0 Å². The van der Waals surface area contributed by atoms with Crippen molar-refractivity contribution in [3.8, 4) is 0 Å². The van der Waals surface area contributed by atoms with Gasteiger partial charge in [-0.15, -0.1) is 0 Å². The third-order valence-corrected chi connectivity index (χ3v) is 4.64. The molecule has 1 aromatic heterocycles. The third-order valence-electron chi connectivity index (χ3n) is 3.27. The van der Waals surface area contributed by atoms with Gasteiger partial charge in [-0.3, -0.25) is 14.7 Å². The summed E-state index contributed by atoms with van der Waals surface area (Å²) in [5.74, 6) is -0.0284. The third kappa shape index (κ3) is 2.92. The minimum Gasteiger partial charge on any atom is -0.376 e. The number of rotatable bonds is 3. The van der Waals surface area contributed by atoms with Crippen molar-refractivity contribution < 1.29 is 9.53 Å². The van der Waals surface area contributed by atoms with E-state index in [2.05, 4.69) is 4.98 Å². The molecule has 0 aliphatic carbocycles. The number of ether oxygens (including phenoxy) is 1. The van der Waals surface area contributed by atoms with Gasteiger partial charge in [-0.25, -0.2) is 0 Å². The van der Waals surface area contributed by atoms with E-state index in [0.29, 0.717) is 15.8 Å². The molecule has 2 aliphatic rings. The molecule has 6 heteroatoms. The number of thiocarbonyl (C=S) groups is 1. The van der Waals surface area contributed by atoms with Gasteiger partial charge in [0.15, 0.2) is 0 Å². The van der Waals surface area contributed by atoms with Crippen LogP contribution in [-0.4, -0.2) is 39.4 Å². The summed E-state index contributed by atoms with van der Waals surface area (Å²) >= 11 is 6.65. The van der Waals surface area contributed by atoms with Crippen LogP contribution in [0.2, 0.25) is 0 Å². The summed E-state index contributed by atoms with van der Waals surface area (Å²) in [6.07, 6.45) is 7.45. The number of hydrogen-bond donors (Lipinski definition) is 0. The van der Waals surface area contributed by atoms with Gasteiger partial charge in [0.05, 0.1) is 17.6 Å². The first-order valence-electron chi connectivity index (χ1n) is 6.51. The highest BCUT2D eigenvalue weighted by Gasteiger charge is 2.34. The molecular weight excluding hydrogens is 292 g/mol. The summed E-state index contributed by atoms with van der Waals surface area (Å²) in [7, 11) is 0. The predicted molar refractivity (Wildman–Crippen MR) is 83.1 cm³/mol. The Morgan fingerprint density at radius 2 is 2.50 bits per heavy atom. The van der Waals surface area contributed by atoms with E-state index in [1.54, 1.807) is 17.3 Å². The molecule has 2 saturated heterocycles. The van der Waals surface area contributed by atoms with Crippen molar-refractivity contribution >= 4 is 40.3 Å². The maximum atomic E-state index is 12.4. The molecule has 2 fully saturated rings. The SMILES string of the molecule is O=C1/C(=C/c2cccnc2)SC(=S)N1C[C@@H]1CCCO1. The number of nitrogens with zero attached hydrogens (tertiary/aromatic N) is 2. The van der Waals surface area contributed by atoms with Crippen LogP contribution in [0.3, 0.4) is 0 Å². The highest BCUT2D eigenvalue weighted by atomic mass is 32.2. The van der Waals surface area contributed by atoms with E-state index < -0.39 is 0 Å². The van der Waals surface area contributed by atoms with Crippen molar-refractivity contribution in [1.29, 1.82) is 0 Å². The molecule has 20 heavy (non-hydrogen) atoms. The van der Waals surface area contributed by atoms with Gasteiger partial charge < -0.3 is 4.74 Å². The molecule has 2 aliphatic heterocycles. The fourth-order valence-corrected chi connectivity index (χ4v) is 3.54. The van der Waals surface area contributed by atoms with Gasteiger partial charge >= 0.3 is 0 Å². The largest absolute Gasteiger partial charge is 0.376 e. The second-order valence-corrected chi connectivity index (χ2v) is 6.39. The van der Waals surface area contributed by atoms with E-state index in [9.17, 15) is 4.79 Å². The molecule has 0 unspecified atom stereocenters. The number of amides is 1. The minimum atomic E-state index is -0.0284. The predicted octanol–water partition coefficient (Wildman–Crippen LogP) is 2.46. The Kier molecular flexibility index (Phi) is 4.14. The fourth-order valence-electron chi connectivity index (χ4n) is 2.26. The molecular formula is C14H14N2O2S2. The van der Waals surface area contributed by atoms with Crippen LogP contribution in [0.5, 0.6) is 0 Å². The molecule has 4 nitrogen and oxygen atoms in total. The zero-order valence-corrected chi connectivity index (χ0v) is 12.5. The van der Waals surface area contributed by atoms with Crippen molar-refractivity contribution in [2.24, 2.45) is 0 Å². The molecule has 0 spiro atoms. The Labute approximate surface area is 127 Å². The van der Waals surface area contributed by atoms with E-state index in [4.69, 9.17) is 17.0 Å². The zero-order valence-electron chi connectivity index (χ0n) is 10.8. The van der Waals surface area contributed by atoms with Crippen LogP contribution >= 0.6 is 24.0 Å². The monoisotopic (exact) mass is 306 g/mol. The van der Waals surface area contributed by atoms with E-state index in [0.717, 1.165) is 25.0 Å². The average molecular weight is 306 g/mol. The second-order valence-electron chi connectivity index (χ2n) is 4.71. The van der Waals surface area contributed by atoms with Crippen LogP contribution in [-0.2, 0) is 9.53 Å². The number of carbonyl (C=O) groups is 1. The lowest BCUT2D eigenvalue weighted by atomic mass is 10.2. The van der Waals surface area contributed by atoms with Crippen LogP contribution in [0, 0.1) is 0 Å². The summed E-state index contributed by atoms with van der Waals surface area (Å²) in [6, 6.07) is 3.76. The molecule has 1 amide bonds. The molecule has 0 bridgehead atoms. The van der Waals surface area contributed by atoms with Crippen LogP contribution in [0.25, 0.3) is 6.08 Å². The lowest BCUT2D eigenvalue weighted by Crippen LogP contribution is -2.35. The minimum absolute atomic E-state index is 0.0284. The van der Waals surface area contributed by atoms with Gasteiger partial charge in [-0.05, 0) is 30.5 Å². The molecule has 0 radical (unpaired) electrons. The van der Waals surface area contributed by atoms with Gasteiger partial charge in [-0.2, -0.15) is 0 Å². The molecule has 0 aromatic carbocycles. The van der Waals surface area contributed by atoms with E-state index in [1.807, 2.05) is 18.2 Å². The second kappa shape index (κ2) is 6.03. The first kappa shape index (κ1) is 13.7. The molecule has 1 aromatic rings. The number of carbonyl (C=O) groups excluding carboxylic acids is 1. The maximum absolute atomic E-state index is 12.4. The number of thioether (sulfide) groups is 1.